The minimum absolute atomic E-state index is 0.0390. The van der Waals surface area contributed by atoms with E-state index in [1.165, 1.54) is 24.3 Å². The summed E-state index contributed by atoms with van der Waals surface area (Å²) in [4.78, 5) is 0. The number of methoxy groups -OCH3 is 1. The summed E-state index contributed by atoms with van der Waals surface area (Å²) >= 11 is 0. The molecule has 1 aliphatic carbocycles. The van der Waals surface area contributed by atoms with Crippen molar-refractivity contribution in [2.75, 3.05) is 7.11 Å². The second-order valence-corrected chi connectivity index (χ2v) is 7.64. The molecule has 0 aromatic heterocycles. The summed E-state index contributed by atoms with van der Waals surface area (Å²) in [5, 5.41) is 0. The second-order valence-electron chi connectivity index (χ2n) is 7.64. The van der Waals surface area contributed by atoms with Crippen molar-refractivity contribution >= 4 is 0 Å². The van der Waals surface area contributed by atoms with Crippen LogP contribution >= 0.6 is 0 Å². The van der Waals surface area contributed by atoms with Crippen LogP contribution in [0.2, 0.25) is 0 Å². The minimum atomic E-state index is -4.48. The smallest absolute Gasteiger partial charge is 0.414 e. The third-order valence-electron chi connectivity index (χ3n) is 5.54. The Morgan fingerprint density at radius 3 is 2.11 bits per heavy atom. The van der Waals surface area contributed by atoms with Gasteiger partial charge in [0.2, 0.25) is 0 Å². The Labute approximate surface area is 163 Å². The van der Waals surface area contributed by atoms with E-state index in [1.807, 2.05) is 0 Å². The summed E-state index contributed by atoms with van der Waals surface area (Å²) in [5.74, 6) is -0.343. The molecular weight excluding hydrogens is 379 g/mol. The fraction of sp³-hybridized carbons (Fsp3) is 0.714. The molecule has 0 bridgehead atoms. The molecule has 2 rings (SSSR count). The van der Waals surface area contributed by atoms with Crippen molar-refractivity contribution < 1.29 is 31.4 Å². The summed E-state index contributed by atoms with van der Waals surface area (Å²) < 4.78 is 76.7. The molecule has 7 heteroatoms. The van der Waals surface area contributed by atoms with Crippen LogP contribution in [0.25, 0.3) is 0 Å². The van der Waals surface area contributed by atoms with Gasteiger partial charge in [-0.05, 0) is 49.3 Å². The van der Waals surface area contributed by atoms with Gasteiger partial charge in [-0.2, -0.15) is 22.0 Å². The van der Waals surface area contributed by atoms with Crippen molar-refractivity contribution in [2.45, 2.75) is 76.7 Å². The Hall–Kier alpha value is -1.37. The van der Waals surface area contributed by atoms with Gasteiger partial charge < -0.3 is 9.47 Å². The first kappa shape index (κ1) is 22.9. The Balaban J connectivity index is 1.90. The summed E-state index contributed by atoms with van der Waals surface area (Å²) in [6, 6.07) is 5.31. The molecule has 1 atom stereocenters. The number of hydrogen-bond donors (Lipinski definition) is 0. The molecular formula is C21H29F5O2. The molecule has 1 aliphatic rings. The molecule has 1 aromatic rings. The highest BCUT2D eigenvalue weighted by Gasteiger charge is 2.44. The molecule has 2 nitrogen and oxygen atoms in total. The largest absolute Gasteiger partial charge is 0.432 e. The van der Waals surface area contributed by atoms with Gasteiger partial charge in [0.1, 0.15) is 5.75 Å². The molecule has 0 spiro atoms. The van der Waals surface area contributed by atoms with Gasteiger partial charge in [0.25, 0.3) is 0 Å². The van der Waals surface area contributed by atoms with Crippen LogP contribution in [0.4, 0.5) is 22.0 Å². The zero-order valence-electron chi connectivity index (χ0n) is 16.4. The van der Waals surface area contributed by atoms with Gasteiger partial charge >= 0.3 is 12.3 Å². The van der Waals surface area contributed by atoms with Crippen molar-refractivity contribution in [2.24, 2.45) is 11.8 Å². The second kappa shape index (κ2) is 9.90. The lowest BCUT2D eigenvalue weighted by Crippen LogP contribution is -2.37. The van der Waals surface area contributed by atoms with Gasteiger partial charge in [-0.3, -0.25) is 0 Å². The zero-order valence-corrected chi connectivity index (χ0v) is 16.4. The van der Waals surface area contributed by atoms with Crippen LogP contribution < -0.4 is 4.74 Å². The fourth-order valence-corrected chi connectivity index (χ4v) is 3.76. The van der Waals surface area contributed by atoms with E-state index in [9.17, 15) is 22.0 Å². The van der Waals surface area contributed by atoms with Crippen LogP contribution in [0, 0.1) is 11.8 Å². The first-order chi connectivity index (χ1) is 13.2. The lowest BCUT2D eigenvalue weighted by Gasteiger charge is -2.33. The Morgan fingerprint density at radius 2 is 1.61 bits per heavy atom. The van der Waals surface area contributed by atoms with Crippen LogP contribution in [0.1, 0.15) is 57.4 Å². The van der Waals surface area contributed by atoms with Crippen LogP contribution in [0.3, 0.4) is 0 Å². The molecule has 1 fully saturated rings. The average molecular weight is 408 g/mol. The average Bonchev–Trinajstić information content (AvgIpc) is 2.65. The highest BCUT2D eigenvalue weighted by molar-refractivity contribution is 5.28. The monoisotopic (exact) mass is 408 g/mol. The molecule has 0 N–H and O–H groups in total. The number of benzene rings is 1. The van der Waals surface area contributed by atoms with Crippen molar-refractivity contribution in [1.29, 1.82) is 0 Å². The van der Waals surface area contributed by atoms with Crippen LogP contribution in [-0.4, -0.2) is 25.5 Å². The first-order valence-electron chi connectivity index (χ1n) is 9.91. The zero-order chi connectivity index (χ0) is 20.8. The van der Waals surface area contributed by atoms with E-state index >= 15 is 0 Å². The van der Waals surface area contributed by atoms with E-state index in [0.29, 0.717) is 24.3 Å². The molecule has 1 aromatic carbocycles. The summed E-state index contributed by atoms with van der Waals surface area (Å²) in [6.07, 6.45) is -4.28. The Bertz CT molecular complexity index is 577. The van der Waals surface area contributed by atoms with Crippen molar-refractivity contribution in [3.05, 3.63) is 29.8 Å². The van der Waals surface area contributed by atoms with Crippen molar-refractivity contribution in [3.63, 3.8) is 0 Å². The standard InChI is InChI=1S/C21H29F5O2/c1-3-4-5-15-6-10-17(11-7-15)21(25,26)28-18-12-8-16(9-13-18)14-19(27-2)20(22,23)24/h8-9,12-13,15,17,19H,3-7,10-11,14H2,1-2H3. The molecule has 0 heterocycles. The number of rotatable bonds is 9. The normalized spacial score (nSPS) is 22.1. The molecule has 1 saturated carbocycles. The van der Waals surface area contributed by atoms with Gasteiger partial charge in [0.15, 0.2) is 6.10 Å². The van der Waals surface area contributed by atoms with Crippen molar-refractivity contribution in [3.8, 4) is 5.75 Å². The van der Waals surface area contributed by atoms with Crippen molar-refractivity contribution in [1.82, 2.24) is 0 Å². The minimum Gasteiger partial charge on any atom is -0.432 e. The first-order valence-corrected chi connectivity index (χ1v) is 9.91. The Morgan fingerprint density at radius 1 is 1.00 bits per heavy atom. The molecule has 1 unspecified atom stereocenters. The number of ether oxygens (including phenoxy) is 2. The predicted molar refractivity (Wildman–Crippen MR) is 97.5 cm³/mol. The van der Waals surface area contributed by atoms with E-state index in [0.717, 1.165) is 39.2 Å². The molecule has 0 radical (unpaired) electrons. The predicted octanol–water partition coefficient (Wildman–Crippen LogP) is 6.77. The van der Waals surface area contributed by atoms with Crippen LogP contribution in [0.5, 0.6) is 5.75 Å². The molecule has 28 heavy (non-hydrogen) atoms. The quantitative estimate of drug-likeness (QED) is 0.420. The maximum atomic E-state index is 14.5. The molecule has 0 aliphatic heterocycles. The van der Waals surface area contributed by atoms with Gasteiger partial charge in [-0.25, -0.2) is 0 Å². The summed E-state index contributed by atoms with van der Waals surface area (Å²) in [5.41, 5.74) is 0.344. The molecule has 0 saturated heterocycles. The van der Waals surface area contributed by atoms with E-state index in [-0.39, 0.29) is 12.2 Å². The highest BCUT2D eigenvalue weighted by atomic mass is 19.4. The maximum Gasteiger partial charge on any atom is 0.414 e. The lowest BCUT2D eigenvalue weighted by atomic mass is 9.79. The lowest BCUT2D eigenvalue weighted by molar-refractivity contribution is -0.223. The summed E-state index contributed by atoms with van der Waals surface area (Å²) in [7, 11) is 0.993. The van der Waals surface area contributed by atoms with E-state index in [4.69, 9.17) is 4.74 Å². The summed E-state index contributed by atoms with van der Waals surface area (Å²) in [6.45, 7) is 2.12. The third-order valence-corrected chi connectivity index (χ3v) is 5.54. The topological polar surface area (TPSA) is 18.5 Å². The fourth-order valence-electron chi connectivity index (χ4n) is 3.76. The van der Waals surface area contributed by atoms with E-state index in [1.54, 1.807) is 0 Å². The number of halogens is 5. The van der Waals surface area contributed by atoms with Crippen LogP contribution in [-0.2, 0) is 11.2 Å². The van der Waals surface area contributed by atoms with Gasteiger partial charge in [0.05, 0.1) is 5.92 Å². The third kappa shape index (κ3) is 6.61. The highest BCUT2D eigenvalue weighted by Crippen LogP contribution is 2.41. The van der Waals surface area contributed by atoms with Gasteiger partial charge in [0, 0.05) is 13.5 Å². The van der Waals surface area contributed by atoms with E-state index < -0.39 is 24.3 Å². The SMILES string of the molecule is CCCCC1CCC(C(F)(F)Oc2ccc(CC(OC)C(F)(F)F)cc2)CC1. The Kier molecular flexibility index (Phi) is 8.10. The number of alkyl halides is 5. The maximum absolute atomic E-state index is 14.5. The number of unbranched alkanes of at least 4 members (excludes halogenated alkanes) is 1. The van der Waals surface area contributed by atoms with Gasteiger partial charge in [-0.15, -0.1) is 0 Å². The molecule has 0 amide bonds. The van der Waals surface area contributed by atoms with E-state index in [2.05, 4.69) is 11.7 Å². The van der Waals surface area contributed by atoms with Gasteiger partial charge in [-0.1, -0.05) is 38.3 Å². The molecule has 160 valence electrons. The number of hydrogen-bond acceptors (Lipinski definition) is 2. The van der Waals surface area contributed by atoms with Crippen LogP contribution in [0.15, 0.2) is 24.3 Å².